The molecule has 0 fully saturated rings. The summed E-state index contributed by atoms with van der Waals surface area (Å²) >= 11 is 0. The van der Waals surface area contributed by atoms with Crippen molar-refractivity contribution in [2.75, 3.05) is 5.32 Å². The number of rotatable bonds is 4. The topological polar surface area (TPSA) is 87.7 Å². The van der Waals surface area contributed by atoms with Crippen LogP contribution in [0, 0.1) is 12.7 Å². The van der Waals surface area contributed by atoms with Gasteiger partial charge in [-0.25, -0.2) is 9.18 Å². The summed E-state index contributed by atoms with van der Waals surface area (Å²) in [6, 6.07) is 2.89. The standard InChI is InChI=1S/C13H13FN4O2/c1-8-4-11(18-13(20)16-8)17-12(19)3-2-9-5-10(14)7-15-6-9/h4-7H,2-3H2,1H3,(H2,16,17,18,19,20). The third kappa shape index (κ3) is 3.98. The lowest BCUT2D eigenvalue weighted by Crippen LogP contribution is -2.19. The molecule has 20 heavy (non-hydrogen) atoms. The van der Waals surface area contributed by atoms with E-state index in [-0.39, 0.29) is 18.1 Å². The van der Waals surface area contributed by atoms with Gasteiger partial charge >= 0.3 is 5.69 Å². The average molecular weight is 276 g/mol. The highest BCUT2D eigenvalue weighted by molar-refractivity contribution is 5.89. The van der Waals surface area contributed by atoms with Gasteiger partial charge in [-0.05, 0) is 25.0 Å². The Morgan fingerprint density at radius 2 is 2.20 bits per heavy atom. The molecule has 0 spiro atoms. The number of H-pyrrole nitrogens is 1. The van der Waals surface area contributed by atoms with Crippen LogP contribution in [0.3, 0.4) is 0 Å². The van der Waals surface area contributed by atoms with Gasteiger partial charge in [0.2, 0.25) is 5.91 Å². The summed E-state index contributed by atoms with van der Waals surface area (Å²) in [7, 11) is 0. The smallest absolute Gasteiger partial charge is 0.310 e. The number of aromatic nitrogens is 3. The van der Waals surface area contributed by atoms with Crippen LogP contribution in [0.15, 0.2) is 29.3 Å². The van der Waals surface area contributed by atoms with Crippen molar-refractivity contribution in [1.82, 2.24) is 15.0 Å². The second kappa shape index (κ2) is 6.05. The highest BCUT2D eigenvalue weighted by atomic mass is 19.1. The van der Waals surface area contributed by atoms with E-state index in [0.717, 1.165) is 6.20 Å². The summed E-state index contributed by atoms with van der Waals surface area (Å²) in [5, 5.41) is 2.52. The summed E-state index contributed by atoms with van der Waals surface area (Å²) in [6.45, 7) is 1.69. The van der Waals surface area contributed by atoms with E-state index in [9.17, 15) is 14.0 Å². The fraction of sp³-hybridized carbons (Fsp3) is 0.231. The lowest BCUT2D eigenvalue weighted by Gasteiger charge is -2.04. The number of anilines is 1. The molecule has 0 saturated heterocycles. The molecule has 2 aromatic rings. The summed E-state index contributed by atoms with van der Waals surface area (Å²) in [4.78, 5) is 32.7. The number of nitrogens with one attached hydrogen (secondary N) is 2. The van der Waals surface area contributed by atoms with E-state index in [2.05, 4.69) is 20.3 Å². The zero-order valence-corrected chi connectivity index (χ0v) is 10.8. The van der Waals surface area contributed by atoms with Crippen molar-refractivity contribution < 1.29 is 9.18 Å². The number of carbonyl (C=O) groups is 1. The van der Waals surface area contributed by atoms with Gasteiger partial charge in [-0.2, -0.15) is 4.98 Å². The Labute approximate surface area is 114 Å². The first-order valence-corrected chi connectivity index (χ1v) is 6.00. The van der Waals surface area contributed by atoms with Crippen molar-refractivity contribution in [2.24, 2.45) is 0 Å². The number of aryl methyl sites for hydroxylation is 2. The van der Waals surface area contributed by atoms with Crippen molar-refractivity contribution in [3.63, 3.8) is 0 Å². The molecule has 2 rings (SSSR count). The molecule has 7 heteroatoms. The zero-order valence-electron chi connectivity index (χ0n) is 10.8. The monoisotopic (exact) mass is 276 g/mol. The minimum Gasteiger partial charge on any atom is -0.310 e. The maximum Gasteiger partial charge on any atom is 0.347 e. The molecule has 0 unspecified atom stereocenters. The summed E-state index contributed by atoms with van der Waals surface area (Å²) in [6.07, 6.45) is 3.12. The molecular formula is C13H13FN4O2. The molecule has 0 aliphatic rings. The molecule has 2 N–H and O–H groups in total. The first-order chi connectivity index (χ1) is 9.52. The molecule has 0 aliphatic heterocycles. The van der Waals surface area contributed by atoms with E-state index in [1.54, 1.807) is 13.0 Å². The van der Waals surface area contributed by atoms with E-state index < -0.39 is 11.5 Å². The predicted molar refractivity (Wildman–Crippen MR) is 70.7 cm³/mol. The van der Waals surface area contributed by atoms with Crippen LogP contribution in [0.1, 0.15) is 17.7 Å². The fourth-order valence-corrected chi connectivity index (χ4v) is 1.70. The Morgan fingerprint density at radius 1 is 1.40 bits per heavy atom. The first-order valence-electron chi connectivity index (χ1n) is 6.00. The second-order valence-corrected chi connectivity index (χ2v) is 4.31. The third-order valence-electron chi connectivity index (χ3n) is 2.55. The maximum absolute atomic E-state index is 12.9. The number of aromatic amines is 1. The van der Waals surface area contributed by atoms with Gasteiger partial charge in [-0.1, -0.05) is 0 Å². The molecule has 2 heterocycles. The Morgan fingerprint density at radius 3 is 2.90 bits per heavy atom. The van der Waals surface area contributed by atoms with E-state index in [4.69, 9.17) is 0 Å². The molecule has 6 nitrogen and oxygen atoms in total. The van der Waals surface area contributed by atoms with Gasteiger partial charge in [-0.15, -0.1) is 0 Å². The van der Waals surface area contributed by atoms with Crippen LogP contribution in [0.4, 0.5) is 10.2 Å². The van der Waals surface area contributed by atoms with Crippen molar-refractivity contribution in [2.45, 2.75) is 19.8 Å². The average Bonchev–Trinajstić information content (AvgIpc) is 2.35. The van der Waals surface area contributed by atoms with Crippen molar-refractivity contribution in [3.8, 4) is 0 Å². The Balaban J connectivity index is 1.94. The Bertz CT molecular complexity index is 684. The minimum absolute atomic E-state index is 0.151. The normalized spacial score (nSPS) is 10.3. The Kier molecular flexibility index (Phi) is 4.19. The molecule has 0 saturated carbocycles. The highest BCUT2D eigenvalue weighted by Crippen LogP contribution is 2.06. The highest BCUT2D eigenvalue weighted by Gasteiger charge is 2.06. The molecule has 2 aromatic heterocycles. The van der Waals surface area contributed by atoms with Crippen LogP contribution < -0.4 is 11.0 Å². The van der Waals surface area contributed by atoms with Crippen LogP contribution >= 0.6 is 0 Å². The number of carbonyl (C=O) groups excluding carboxylic acids is 1. The lowest BCUT2D eigenvalue weighted by atomic mass is 10.1. The number of hydrogen-bond donors (Lipinski definition) is 2. The molecule has 104 valence electrons. The second-order valence-electron chi connectivity index (χ2n) is 4.31. The van der Waals surface area contributed by atoms with Crippen molar-refractivity contribution in [3.05, 3.63) is 52.1 Å². The third-order valence-corrected chi connectivity index (χ3v) is 2.55. The van der Waals surface area contributed by atoms with Crippen LogP contribution in [0.25, 0.3) is 0 Å². The maximum atomic E-state index is 12.9. The molecule has 0 bridgehead atoms. The van der Waals surface area contributed by atoms with Gasteiger partial charge in [0, 0.05) is 24.4 Å². The molecule has 0 atom stereocenters. The Hall–Kier alpha value is -2.57. The number of amides is 1. The van der Waals surface area contributed by atoms with E-state index in [0.29, 0.717) is 17.7 Å². The lowest BCUT2D eigenvalue weighted by molar-refractivity contribution is -0.116. The summed E-state index contributed by atoms with van der Waals surface area (Å²) in [5.74, 6) is -0.532. The number of nitrogens with zero attached hydrogens (tertiary/aromatic N) is 2. The van der Waals surface area contributed by atoms with Gasteiger partial charge in [0.15, 0.2) is 0 Å². The molecule has 0 radical (unpaired) electrons. The van der Waals surface area contributed by atoms with Crippen LogP contribution in [0.5, 0.6) is 0 Å². The number of hydrogen-bond acceptors (Lipinski definition) is 4. The van der Waals surface area contributed by atoms with Crippen molar-refractivity contribution in [1.29, 1.82) is 0 Å². The SMILES string of the molecule is Cc1cc(NC(=O)CCc2cncc(F)c2)nc(=O)[nH]1. The first kappa shape index (κ1) is 13.9. The minimum atomic E-state index is -0.519. The van der Waals surface area contributed by atoms with E-state index in [1.807, 2.05) is 0 Å². The van der Waals surface area contributed by atoms with Crippen LogP contribution in [-0.4, -0.2) is 20.9 Å². The largest absolute Gasteiger partial charge is 0.347 e. The summed E-state index contributed by atoms with van der Waals surface area (Å²) < 4.78 is 12.9. The van der Waals surface area contributed by atoms with Gasteiger partial charge < -0.3 is 10.3 Å². The molecule has 1 amide bonds. The summed E-state index contributed by atoms with van der Waals surface area (Å²) in [5.41, 5.74) is 0.722. The van der Waals surface area contributed by atoms with Gasteiger partial charge in [0.05, 0.1) is 6.20 Å². The van der Waals surface area contributed by atoms with Crippen LogP contribution in [0.2, 0.25) is 0 Å². The molecule has 0 aliphatic carbocycles. The van der Waals surface area contributed by atoms with Crippen LogP contribution in [-0.2, 0) is 11.2 Å². The predicted octanol–water partition coefficient (Wildman–Crippen LogP) is 1.18. The van der Waals surface area contributed by atoms with E-state index in [1.165, 1.54) is 12.3 Å². The number of halogens is 1. The molecular weight excluding hydrogens is 263 g/mol. The zero-order chi connectivity index (χ0) is 14.5. The van der Waals surface area contributed by atoms with E-state index >= 15 is 0 Å². The van der Waals surface area contributed by atoms with Gasteiger partial charge in [0.25, 0.3) is 0 Å². The van der Waals surface area contributed by atoms with Gasteiger partial charge in [-0.3, -0.25) is 9.78 Å². The van der Waals surface area contributed by atoms with Gasteiger partial charge in [0.1, 0.15) is 11.6 Å². The quantitative estimate of drug-likeness (QED) is 0.877. The molecule has 0 aromatic carbocycles. The fourth-order valence-electron chi connectivity index (χ4n) is 1.70. The van der Waals surface area contributed by atoms with Crippen molar-refractivity contribution >= 4 is 11.7 Å². The number of pyridine rings is 1.